The van der Waals surface area contributed by atoms with Crippen molar-refractivity contribution in [1.29, 1.82) is 0 Å². The van der Waals surface area contributed by atoms with Crippen LogP contribution in [0, 0.1) is 6.92 Å². The van der Waals surface area contributed by atoms with Crippen molar-refractivity contribution in [2.24, 2.45) is 10.2 Å². The van der Waals surface area contributed by atoms with Gasteiger partial charge in [-0.25, -0.2) is 25.3 Å². The molecule has 2 aromatic heterocycles. The van der Waals surface area contributed by atoms with Gasteiger partial charge in [-0.05, 0) is 107 Å². The summed E-state index contributed by atoms with van der Waals surface area (Å²) in [6, 6.07) is 31.0. The summed E-state index contributed by atoms with van der Waals surface area (Å²) in [4.78, 5) is 0.961. The van der Waals surface area contributed by atoms with E-state index in [0.717, 1.165) is 28.5 Å². The molecule has 64 heavy (non-hydrogen) atoms. The zero-order valence-electron chi connectivity index (χ0n) is 34.2. The minimum Gasteiger partial charge on any atom is -0.744 e. The van der Waals surface area contributed by atoms with Gasteiger partial charge in [-0.15, -0.1) is 20.4 Å². The summed E-state index contributed by atoms with van der Waals surface area (Å²) in [7, 11) is -14.8. The molecule has 17 nitrogen and oxygen atoms in total. The third-order valence-corrected chi connectivity index (χ3v) is 12.4. The van der Waals surface area contributed by atoms with Gasteiger partial charge < -0.3 is 13.7 Å². The predicted octanol–water partition coefficient (Wildman–Crippen LogP) is -1.92. The molecule has 0 aliphatic carbocycles. The summed E-state index contributed by atoms with van der Waals surface area (Å²) in [6.07, 6.45) is 2.41. The maximum absolute atomic E-state index is 12.5. The third-order valence-electron chi connectivity index (χ3n) is 9.80. The van der Waals surface area contributed by atoms with Crippen LogP contribution in [0.15, 0.2) is 146 Å². The van der Waals surface area contributed by atoms with Crippen LogP contribution in [0.25, 0.3) is 67.1 Å². The molecule has 0 unspecified atom stereocenters. The number of hydrogen-bond acceptors (Lipinski definition) is 15. The first-order valence-electron chi connectivity index (χ1n) is 17.9. The van der Waals surface area contributed by atoms with Gasteiger partial charge in [-0.1, -0.05) is 60.7 Å². The Kier molecular flexibility index (Phi) is 14.7. The quantitative estimate of drug-likeness (QED) is 0.0663. The van der Waals surface area contributed by atoms with E-state index in [-0.39, 0.29) is 116 Å². The molecule has 0 saturated carbocycles. The number of aryl methyl sites for hydroxylation is 1. The van der Waals surface area contributed by atoms with Crippen LogP contribution in [0.1, 0.15) is 16.7 Å². The van der Waals surface area contributed by atoms with Gasteiger partial charge in [0.15, 0.2) is 0 Å². The molecule has 23 heteroatoms. The summed E-state index contributed by atoms with van der Waals surface area (Å²) in [6.45, 7) is 1.94. The summed E-state index contributed by atoms with van der Waals surface area (Å²) >= 11 is 0. The Morgan fingerprint density at radius 1 is 0.500 bits per heavy atom. The zero-order valence-corrected chi connectivity index (χ0v) is 42.6. The smallest absolute Gasteiger partial charge is 0.744 e. The van der Waals surface area contributed by atoms with E-state index in [1.807, 2.05) is 37.3 Å². The second-order valence-corrected chi connectivity index (χ2v) is 17.8. The zero-order chi connectivity index (χ0) is 42.8. The normalized spacial score (nSPS) is 12.2. The third kappa shape index (κ3) is 10.0. The molecular formula is C41H25N8Na3O9S3. The van der Waals surface area contributed by atoms with Crippen LogP contribution in [-0.2, 0) is 30.4 Å². The van der Waals surface area contributed by atoms with Gasteiger partial charge in [-0.3, -0.25) is 0 Å². The molecule has 2 heterocycles. The van der Waals surface area contributed by atoms with Crippen LogP contribution in [0.2, 0.25) is 0 Å². The second-order valence-electron chi connectivity index (χ2n) is 13.8. The molecule has 0 atom stereocenters. The fourth-order valence-corrected chi connectivity index (χ4v) is 8.77. The van der Waals surface area contributed by atoms with E-state index in [1.165, 1.54) is 64.2 Å². The summed E-state index contributed by atoms with van der Waals surface area (Å²) in [5.74, 6) is 0. The van der Waals surface area contributed by atoms with Crippen molar-refractivity contribution >= 4 is 97.5 Å². The minimum absolute atomic E-state index is 0. The van der Waals surface area contributed by atoms with Gasteiger partial charge in [0.05, 0.1) is 37.4 Å². The first-order valence-corrected chi connectivity index (χ1v) is 22.1. The Morgan fingerprint density at radius 2 is 1.05 bits per heavy atom. The topological polar surface area (TPSA) is 258 Å². The first-order chi connectivity index (χ1) is 29.0. The monoisotopic (exact) mass is 938 g/mol. The van der Waals surface area contributed by atoms with Gasteiger partial charge in [0, 0.05) is 10.8 Å². The molecule has 0 amide bonds. The first kappa shape index (κ1) is 49.4. The maximum atomic E-state index is 12.5. The average molecular weight is 939 g/mol. The van der Waals surface area contributed by atoms with E-state index in [1.54, 1.807) is 36.4 Å². The maximum Gasteiger partial charge on any atom is 1.00 e. The van der Waals surface area contributed by atoms with E-state index >= 15 is 0 Å². The number of nitrogens with zero attached hydrogens (tertiary/aromatic N) is 8. The molecule has 0 aliphatic rings. The van der Waals surface area contributed by atoms with Crippen molar-refractivity contribution in [2.75, 3.05) is 0 Å². The van der Waals surface area contributed by atoms with Gasteiger partial charge in [0.1, 0.15) is 52.4 Å². The number of azo groups is 1. The fourth-order valence-electron chi connectivity index (χ4n) is 6.88. The minimum atomic E-state index is -5.09. The molecule has 7 aromatic carbocycles. The van der Waals surface area contributed by atoms with Crippen molar-refractivity contribution in [3.05, 3.63) is 138 Å². The molecule has 0 spiro atoms. The Balaban J connectivity index is 0.00000227. The predicted molar refractivity (Wildman–Crippen MR) is 221 cm³/mol. The summed E-state index contributed by atoms with van der Waals surface area (Å²) in [5, 5.41) is 29.2. The van der Waals surface area contributed by atoms with Gasteiger partial charge in [0.2, 0.25) is 0 Å². The van der Waals surface area contributed by atoms with Crippen LogP contribution >= 0.6 is 0 Å². The van der Waals surface area contributed by atoms with Gasteiger partial charge >= 0.3 is 88.7 Å². The number of rotatable bonds is 9. The van der Waals surface area contributed by atoms with Crippen LogP contribution < -0.4 is 88.7 Å². The van der Waals surface area contributed by atoms with Gasteiger partial charge in [0.25, 0.3) is 0 Å². The summed E-state index contributed by atoms with van der Waals surface area (Å²) < 4.78 is 109. The standard InChI is InChI=1S/C41H28N8O9S3.3Na/c1-24-20-37-41(35-5-3-2-4-33(24)35)47-49(45-37)31-14-9-26(39(23-31)61(56,57)58)7-6-25-8-11-29(22-38(25)60(53,54)55)43-42-28-12-15-30(16-13-28)48-44-36-19-10-27-21-32(59(50,51)52)17-18-34(27)40(36)46-48;;;/h2-23H,1H3,(H,50,51,52)(H,53,54,55)(H,56,57,58);;;/q;3*+1/p-3. The van der Waals surface area contributed by atoms with Crippen LogP contribution in [0.5, 0.6) is 0 Å². The van der Waals surface area contributed by atoms with E-state index < -0.39 is 40.1 Å². The van der Waals surface area contributed by atoms with Crippen molar-refractivity contribution in [3.63, 3.8) is 0 Å². The van der Waals surface area contributed by atoms with Crippen molar-refractivity contribution in [1.82, 2.24) is 30.0 Å². The molecule has 304 valence electrons. The molecule has 0 aliphatic heterocycles. The van der Waals surface area contributed by atoms with Crippen molar-refractivity contribution in [2.45, 2.75) is 21.6 Å². The second kappa shape index (κ2) is 19.0. The van der Waals surface area contributed by atoms with E-state index in [0.29, 0.717) is 44.2 Å². The Labute approximate surface area is 431 Å². The molecule has 9 aromatic rings. The van der Waals surface area contributed by atoms with E-state index in [2.05, 4.69) is 30.6 Å². The molecule has 0 saturated heterocycles. The molecule has 0 N–H and O–H groups in total. The number of fused-ring (bicyclic) bond motifs is 6. The Hall–Kier alpha value is -4.07. The molecule has 0 bridgehead atoms. The molecule has 9 rings (SSSR count). The number of benzene rings is 7. The summed E-state index contributed by atoms with van der Waals surface area (Å²) in [5.41, 5.74) is 4.05. The number of aromatic nitrogens is 6. The van der Waals surface area contributed by atoms with Crippen molar-refractivity contribution < 1.29 is 128 Å². The SMILES string of the molecule is Cc1cc2nn(-c3ccc(C=Cc4ccc(N=Nc5ccc(-n6nc7ccc8cc(S(=O)(=O)[O-])ccc8c7n6)cc5)cc4S(=O)(=O)[O-])c(S(=O)(=O)[O-])c3)nc2c2ccccc12.[Na+].[Na+].[Na+]. The largest absolute Gasteiger partial charge is 1.00 e. The Morgan fingerprint density at radius 3 is 1.70 bits per heavy atom. The number of hydrogen-bond donors (Lipinski definition) is 0. The van der Waals surface area contributed by atoms with Crippen LogP contribution in [0.3, 0.4) is 0 Å². The van der Waals surface area contributed by atoms with Crippen molar-refractivity contribution in [3.8, 4) is 11.4 Å². The molecule has 0 radical (unpaired) electrons. The average Bonchev–Trinajstić information content (AvgIpc) is 3.87. The fraction of sp³-hybridized carbons (Fsp3) is 0.0244. The van der Waals surface area contributed by atoms with Gasteiger partial charge in [-0.2, -0.15) is 19.8 Å². The van der Waals surface area contributed by atoms with E-state index in [4.69, 9.17) is 0 Å². The van der Waals surface area contributed by atoms with Crippen LogP contribution in [-0.4, -0.2) is 68.9 Å². The van der Waals surface area contributed by atoms with E-state index in [9.17, 15) is 38.9 Å². The van der Waals surface area contributed by atoms with Crippen LogP contribution in [0.4, 0.5) is 11.4 Å². The Bertz CT molecular complexity index is 3720. The molecular weight excluding hydrogens is 914 g/mol. The molecule has 0 fully saturated rings.